The summed E-state index contributed by atoms with van der Waals surface area (Å²) in [6.07, 6.45) is 7.32. The number of rotatable bonds is 7. The van der Waals surface area contributed by atoms with Gasteiger partial charge in [0.25, 0.3) is 0 Å². The SMILES string of the molecule is COCCCN(CC1CCCN2CCCCC12)C(=O)Nc1ccccc1. The number of carbonyl (C=O) groups excluding carboxylic acids is 1. The monoisotopic (exact) mass is 359 g/mol. The van der Waals surface area contributed by atoms with Crippen molar-refractivity contribution in [3.05, 3.63) is 30.3 Å². The molecule has 2 aliphatic rings. The summed E-state index contributed by atoms with van der Waals surface area (Å²) in [6.45, 7) is 4.76. The van der Waals surface area contributed by atoms with Crippen molar-refractivity contribution in [2.45, 2.75) is 44.6 Å². The van der Waals surface area contributed by atoms with Crippen molar-refractivity contribution < 1.29 is 9.53 Å². The number of piperidine rings is 2. The lowest BCUT2D eigenvalue weighted by atomic mass is 9.83. The molecule has 2 fully saturated rings. The molecule has 0 bridgehead atoms. The smallest absolute Gasteiger partial charge is 0.321 e. The number of hydrogen-bond donors (Lipinski definition) is 1. The maximum absolute atomic E-state index is 12.9. The zero-order chi connectivity index (χ0) is 18.2. The molecule has 2 atom stereocenters. The Labute approximate surface area is 157 Å². The standard InChI is InChI=1S/C21H33N3O2/c1-26-16-8-15-24(21(25)22-19-10-3-2-4-11-19)17-18-9-7-14-23-13-6-5-12-20(18)23/h2-4,10-11,18,20H,5-9,12-17H2,1H3,(H,22,25). The molecule has 0 saturated carbocycles. The Kier molecular flexibility index (Phi) is 7.32. The molecule has 2 unspecified atom stereocenters. The highest BCUT2D eigenvalue weighted by atomic mass is 16.5. The number of methoxy groups -OCH3 is 1. The van der Waals surface area contributed by atoms with Crippen LogP contribution in [0.1, 0.15) is 38.5 Å². The van der Waals surface area contributed by atoms with Crippen molar-refractivity contribution in [3.8, 4) is 0 Å². The number of para-hydroxylation sites is 1. The maximum Gasteiger partial charge on any atom is 0.321 e. The molecule has 1 aromatic rings. The summed E-state index contributed by atoms with van der Waals surface area (Å²) in [5.41, 5.74) is 0.858. The van der Waals surface area contributed by atoms with E-state index in [0.29, 0.717) is 18.6 Å². The zero-order valence-corrected chi connectivity index (χ0v) is 16.0. The van der Waals surface area contributed by atoms with E-state index >= 15 is 0 Å². The second-order valence-electron chi connectivity index (χ2n) is 7.59. The first-order chi connectivity index (χ1) is 12.8. The van der Waals surface area contributed by atoms with E-state index < -0.39 is 0 Å². The molecule has 2 saturated heterocycles. The lowest BCUT2D eigenvalue weighted by Crippen LogP contribution is -2.52. The van der Waals surface area contributed by atoms with Gasteiger partial charge in [0.2, 0.25) is 0 Å². The number of fused-ring (bicyclic) bond motifs is 1. The van der Waals surface area contributed by atoms with Crippen LogP contribution in [-0.2, 0) is 4.74 Å². The zero-order valence-electron chi connectivity index (χ0n) is 16.0. The van der Waals surface area contributed by atoms with E-state index in [1.165, 1.54) is 45.2 Å². The van der Waals surface area contributed by atoms with E-state index in [0.717, 1.165) is 25.2 Å². The van der Waals surface area contributed by atoms with Gasteiger partial charge in [-0.05, 0) is 63.2 Å². The molecule has 0 aliphatic carbocycles. The Morgan fingerprint density at radius 2 is 2.00 bits per heavy atom. The fraction of sp³-hybridized carbons (Fsp3) is 0.667. The average Bonchev–Trinajstić information content (AvgIpc) is 2.68. The van der Waals surface area contributed by atoms with Crippen LogP contribution < -0.4 is 5.32 Å². The van der Waals surface area contributed by atoms with Gasteiger partial charge in [0.05, 0.1) is 0 Å². The molecular weight excluding hydrogens is 326 g/mol. The first-order valence-electron chi connectivity index (χ1n) is 10.1. The van der Waals surface area contributed by atoms with Crippen LogP contribution in [0.25, 0.3) is 0 Å². The summed E-state index contributed by atoms with van der Waals surface area (Å²) in [4.78, 5) is 17.6. The highest BCUT2D eigenvalue weighted by Crippen LogP contribution is 2.31. The van der Waals surface area contributed by atoms with Crippen LogP contribution in [0, 0.1) is 5.92 Å². The van der Waals surface area contributed by atoms with Crippen molar-refractivity contribution in [3.63, 3.8) is 0 Å². The predicted octanol–water partition coefficient (Wildman–Crippen LogP) is 3.82. The number of ether oxygens (including phenoxy) is 1. The van der Waals surface area contributed by atoms with Gasteiger partial charge in [-0.3, -0.25) is 0 Å². The second-order valence-corrected chi connectivity index (χ2v) is 7.59. The first kappa shape index (κ1) is 19.2. The number of urea groups is 1. The Hall–Kier alpha value is -1.59. The van der Waals surface area contributed by atoms with Crippen molar-refractivity contribution >= 4 is 11.7 Å². The van der Waals surface area contributed by atoms with Crippen molar-refractivity contribution in [2.24, 2.45) is 5.92 Å². The van der Waals surface area contributed by atoms with Crippen LogP contribution in [0.3, 0.4) is 0 Å². The molecule has 26 heavy (non-hydrogen) atoms. The van der Waals surface area contributed by atoms with E-state index in [2.05, 4.69) is 10.2 Å². The molecule has 2 aliphatic heterocycles. The third-order valence-corrected chi connectivity index (χ3v) is 5.77. The van der Waals surface area contributed by atoms with Gasteiger partial charge in [0, 0.05) is 38.5 Å². The molecule has 5 nitrogen and oxygen atoms in total. The fourth-order valence-electron chi connectivity index (χ4n) is 4.47. The predicted molar refractivity (Wildman–Crippen MR) is 105 cm³/mol. The number of anilines is 1. The number of nitrogens with one attached hydrogen (secondary N) is 1. The van der Waals surface area contributed by atoms with Gasteiger partial charge < -0.3 is 19.9 Å². The highest BCUT2D eigenvalue weighted by Gasteiger charge is 2.34. The van der Waals surface area contributed by atoms with Crippen LogP contribution in [0.5, 0.6) is 0 Å². The van der Waals surface area contributed by atoms with Crippen molar-refractivity contribution in [2.75, 3.05) is 45.2 Å². The minimum atomic E-state index is 0.0141. The third kappa shape index (κ3) is 5.21. The van der Waals surface area contributed by atoms with Crippen LogP contribution in [0.15, 0.2) is 30.3 Å². The molecule has 0 aromatic heterocycles. The van der Waals surface area contributed by atoms with Gasteiger partial charge in [-0.2, -0.15) is 0 Å². The number of hydrogen-bond acceptors (Lipinski definition) is 3. The number of benzene rings is 1. The summed E-state index contributed by atoms with van der Waals surface area (Å²) in [5, 5.41) is 3.06. The van der Waals surface area contributed by atoms with E-state index in [1.807, 2.05) is 35.2 Å². The lowest BCUT2D eigenvalue weighted by Gasteiger charge is -2.45. The van der Waals surface area contributed by atoms with E-state index in [9.17, 15) is 4.79 Å². The van der Waals surface area contributed by atoms with Crippen LogP contribution in [-0.4, -0.2) is 61.8 Å². The van der Waals surface area contributed by atoms with Gasteiger partial charge in [0.1, 0.15) is 0 Å². The van der Waals surface area contributed by atoms with E-state index in [4.69, 9.17) is 4.74 Å². The second kappa shape index (κ2) is 9.93. The number of carbonyl (C=O) groups is 1. The van der Waals surface area contributed by atoms with Gasteiger partial charge in [0.15, 0.2) is 0 Å². The fourth-order valence-corrected chi connectivity index (χ4v) is 4.47. The Morgan fingerprint density at radius 3 is 2.81 bits per heavy atom. The van der Waals surface area contributed by atoms with E-state index in [-0.39, 0.29) is 6.03 Å². The minimum Gasteiger partial charge on any atom is -0.385 e. The molecule has 3 rings (SSSR count). The van der Waals surface area contributed by atoms with Crippen molar-refractivity contribution in [1.29, 1.82) is 0 Å². The summed E-state index contributed by atoms with van der Waals surface area (Å²) in [5.74, 6) is 0.591. The molecule has 5 heteroatoms. The molecule has 2 amide bonds. The molecule has 0 radical (unpaired) electrons. The van der Waals surface area contributed by atoms with Gasteiger partial charge in [-0.1, -0.05) is 24.6 Å². The van der Waals surface area contributed by atoms with Crippen LogP contribution in [0.4, 0.5) is 10.5 Å². The summed E-state index contributed by atoms with van der Waals surface area (Å²) in [7, 11) is 1.72. The topological polar surface area (TPSA) is 44.8 Å². The summed E-state index contributed by atoms with van der Waals surface area (Å²) in [6, 6.07) is 10.4. The molecule has 144 valence electrons. The molecule has 0 spiro atoms. The van der Waals surface area contributed by atoms with Gasteiger partial charge in [-0.15, -0.1) is 0 Å². The van der Waals surface area contributed by atoms with E-state index in [1.54, 1.807) is 7.11 Å². The van der Waals surface area contributed by atoms with Gasteiger partial charge >= 0.3 is 6.03 Å². The summed E-state index contributed by atoms with van der Waals surface area (Å²) < 4.78 is 5.20. The number of amides is 2. The third-order valence-electron chi connectivity index (χ3n) is 5.77. The normalized spacial score (nSPS) is 23.3. The molecule has 1 aromatic carbocycles. The summed E-state index contributed by atoms with van der Waals surface area (Å²) >= 11 is 0. The molecular formula is C21H33N3O2. The van der Waals surface area contributed by atoms with Crippen LogP contribution in [0.2, 0.25) is 0 Å². The Morgan fingerprint density at radius 1 is 1.19 bits per heavy atom. The largest absolute Gasteiger partial charge is 0.385 e. The Bertz CT molecular complexity index is 549. The minimum absolute atomic E-state index is 0.0141. The molecule has 1 N–H and O–H groups in total. The molecule has 2 heterocycles. The first-order valence-corrected chi connectivity index (χ1v) is 10.1. The Balaban J connectivity index is 1.63. The highest BCUT2D eigenvalue weighted by molar-refractivity contribution is 5.89. The quantitative estimate of drug-likeness (QED) is 0.753. The number of nitrogens with zero attached hydrogens (tertiary/aromatic N) is 2. The maximum atomic E-state index is 12.9. The lowest BCUT2D eigenvalue weighted by molar-refractivity contribution is 0.0456. The average molecular weight is 360 g/mol. The van der Waals surface area contributed by atoms with Crippen LogP contribution >= 0.6 is 0 Å². The van der Waals surface area contributed by atoms with Gasteiger partial charge in [-0.25, -0.2) is 4.79 Å². The van der Waals surface area contributed by atoms with Crippen molar-refractivity contribution in [1.82, 2.24) is 9.80 Å².